The van der Waals surface area contributed by atoms with E-state index in [-0.39, 0.29) is 22.1 Å². The van der Waals surface area contributed by atoms with Crippen molar-refractivity contribution in [1.82, 2.24) is 4.90 Å². The molecule has 4 bridgehead atoms. The zero-order chi connectivity index (χ0) is 25.6. The molecule has 2 aromatic rings. The van der Waals surface area contributed by atoms with Crippen molar-refractivity contribution >= 4 is 23.0 Å². The summed E-state index contributed by atoms with van der Waals surface area (Å²) < 4.78 is 0. The van der Waals surface area contributed by atoms with E-state index in [0.29, 0.717) is 24.7 Å². The van der Waals surface area contributed by atoms with Crippen LogP contribution in [0.5, 0.6) is 0 Å². The molecule has 1 N–H and O–H groups in total. The van der Waals surface area contributed by atoms with Gasteiger partial charge in [0.1, 0.15) is 5.69 Å². The number of anilines is 2. The smallest absolute Gasteiger partial charge is 0.292 e. The van der Waals surface area contributed by atoms with Crippen LogP contribution >= 0.6 is 0 Å². The molecule has 0 spiro atoms. The van der Waals surface area contributed by atoms with Gasteiger partial charge >= 0.3 is 0 Å². The van der Waals surface area contributed by atoms with Gasteiger partial charge in [-0.05, 0) is 86.3 Å². The number of nitrogens with zero attached hydrogens (tertiary/aromatic N) is 3. The first-order valence-corrected chi connectivity index (χ1v) is 14.0. The molecular formula is C30H38N4O3. The second-order valence-corrected chi connectivity index (χ2v) is 12.2. The van der Waals surface area contributed by atoms with E-state index in [0.717, 1.165) is 48.5 Å². The molecule has 1 heterocycles. The number of carbonyl (C=O) groups excluding carboxylic acids is 1. The molecule has 1 saturated heterocycles. The third kappa shape index (κ3) is 4.92. The molecule has 0 aromatic heterocycles. The number of benzene rings is 2. The molecule has 196 valence electrons. The van der Waals surface area contributed by atoms with Crippen molar-refractivity contribution in [3.63, 3.8) is 0 Å². The highest BCUT2D eigenvalue weighted by Crippen LogP contribution is 2.61. The molecule has 7 heteroatoms. The van der Waals surface area contributed by atoms with E-state index in [9.17, 15) is 14.9 Å². The van der Waals surface area contributed by atoms with Gasteiger partial charge in [-0.1, -0.05) is 30.3 Å². The van der Waals surface area contributed by atoms with E-state index in [1.165, 1.54) is 38.5 Å². The molecule has 7 rings (SSSR count). The first kappa shape index (κ1) is 24.3. The molecule has 0 unspecified atom stereocenters. The van der Waals surface area contributed by atoms with E-state index in [4.69, 9.17) is 0 Å². The van der Waals surface area contributed by atoms with E-state index >= 15 is 0 Å². The highest BCUT2D eigenvalue weighted by molar-refractivity contribution is 5.77. The Hall–Kier alpha value is -3.09. The van der Waals surface area contributed by atoms with Crippen molar-refractivity contribution < 1.29 is 9.72 Å². The number of carbonyl (C=O) groups is 1. The summed E-state index contributed by atoms with van der Waals surface area (Å²) in [5.74, 6) is 2.94. The predicted octanol–water partition coefficient (Wildman–Crippen LogP) is 6.02. The van der Waals surface area contributed by atoms with E-state index in [1.54, 1.807) is 6.07 Å². The Morgan fingerprint density at radius 3 is 2.22 bits per heavy atom. The molecular weight excluding hydrogens is 464 g/mol. The van der Waals surface area contributed by atoms with Gasteiger partial charge in [0.2, 0.25) is 5.91 Å². The van der Waals surface area contributed by atoms with Crippen LogP contribution in [-0.2, 0) is 4.79 Å². The van der Waals surface area contributed by atoms with E-state index in [2.05, 4.69) is 15.1 Å². The minimum atomic E-state index is -0.328. The van der Waals surface area contributed by atoms with Crippen LogP contribution in [0.25, 0.3) is 0 Å². The maximum absolute atomic E-state index is 13.4. The molecule has 37 heavy (non-hydrogen) atoms. The standard InChI is InChI=1S/C30H38N4O3/c1-21(25-5-3-2-4-6-25)31-27-16-26(7-8-28(27)34(36)37)32-9-11-33(12-10-32)29(35)20-30-17-22-13-23(18-30)15-24(14-22)19-30/h2-8,16,21-24,31H,9-15,17-20H2,1H3/t21-,22?,23?,24?,30?/m1/s1. The van der Waals surface area contributed by atoms with E-state index in [1.807, 2.05) is 49.4 Å². The van der Waals surface area contributed by atoms with Gasteiger partial charge in [-0.25, -0.2) is 0 Å². The monoisotopic (exact) mass is 502 g/mol. The van der Waals surface area contributed by atoms with Crippen LogP contribution in [0.1, 0.15) is 63.5 Å². The molecule has 2 aromatic carbocycles. The van der Waals surface area contributed by atoms with Crippen molar-refractivity contribution in [3.8, 4) is 0 Å². The van der Waals surface area contributed by atoms with Crippen LogP contribution in [-0.4, -0.2) is 41.9 Å². The van der Waals surface area contributed by atoms with Crippen molar-refractivity contribution in [2.45, 2.75) is 57.9 Å². The zero-order valence-electron chi connectivity index (χ0n) is 21.8. The lowest BCUT2D eigenvalue weighted by Crippen LogP contribution is -2.52. The topological polar surface area (TPSA) is 78.7 Å². The summed E-state index contributed by atoms with van der Waals surface area (Å²) in [5, 5.41) is 15.1. The summed E-state index contributed by atoms with van der Waals surface area (Å²) in [6.07, 6.45) is 8.76. The summed E-state index contributed by atoms with van der Waals surface area (Å²) in [6.45, 7) is 4.94. The number of nitro benzene ring substituents is 1. The molecule has 5 fully saturated rings. The first-order chi connectivity index (χ1) is 17.9. The summed E-state index contributed by atoms with van der Waals surface area (Å²) in [6, 6.07) is 15.2. The molecule has 5 aliphatic rings. The maximum Gasteiger partial charge on any atom is 0.292 e. The Morgan fingerprint density at radius 1 is 1.00 bits per heavy atom. The van der Waals surface area contributed by atoms with Crippen molar-refractivity contribution in [1.29, 1.82) is 0 Å². The normalized spacial score (nSPS) is 29.3. The molecule has 1 atom stereocenters. The summed E-state index contributed by atoms with van der Waals surface area (Å²) in [7, 11) is 0. The van der Waals surface area contributed by atoms with Gasteiger partial charge < -0.3 is 15.1 Å². The fourth-order valence-electron chi connectivity index (χ4n) is 8.21. The Balaban J connectivity index is 1.10. The maximum atomic E-state index is 13.4. The Labute approximate surface area is 219 Å². The SMILES string of the molecule is C[C@@H](Nc1cc(N2CCN(C(=O)CC34CC5CC(CC(C5)C3)C4)CC2)ccc1[N+](=O)[O-])c1ccccc1. The lowest BCUT2D eigenvalue weighted by atomic mass is 9.49. The average Bonchev–Trinajstić information content (AvgIpc) is 2.88. The number of nitrogens with one attached hydrogen (secondary N) is 1. The van der Waals surface area contributed by atoms with Crippen LogP contribution in [0, 0.1) is 33.3 Å². The lowest BCUT2D eigenvalue weighted by molar-refractivity contribution is -0.384. The molecule has 4 saturated carbocycles. The molecule has 1 amide bonds. The first-order valence-electron chi connectivity index (χ1n) is 14.0. The van der Waals surface area contributed by atoms with Crippen molar-refractivity contribution in [3.05, 3.63) is 64.2 Å². The zero-order valence-corrected chi connectivity index (χ0v) is 21.8. The van der Waals surface area contributed by atoms with Crippen LogP contribution in [0.3, 0.4) is 0 Å². The van der Waals surface area contributed by atoms with Crippen molar-refractivity contribution in [2.24, 2.45) is 23.2 Å². The van der Waals surface area contributed by atoms with Crippen LogP contribution in [0.15, 0.2) is 48.5 Å². The Kier molecular flexibility index (Phi) is 6.33. The summed E-state index contributed by atoms with van der Waals surface area (Å²) >= 11 is 0. The highest BCUT2D eigenvalue weighted by atomic mass is 16.6. The fourth-order valence-corrected chi connectivity index (χ4v) is 8.21. The van der Waals surface area contributed by atoms with Gasteiger partial charge in [0, 0.05) is 50.4 Å². The minimum absolute atomic E-state index is 0.0609. The van der Waals surface area contributed by atoms with Crippen LogP contribution in [0.4, 0.5) is 17.1 Å². The van der Waals surface area contributed by atoms with Gasteiger partial charge in [0.05, 0.1) is 4.92 Å². The number of amides is 1. The molecule has 7 nitrogen and oxygen atoms in total. The number of piperazine rings is 1. The summed E-state index contributed by atoms with van der Waals surface area (Å²) in [5.41, 5.74) is 2.92. The number of nitro groups is 1. The van der Waals surface area contributed by atoms with Gasteiger partial charge in [-0.2, -0.15) is 0 Å². The fraction of sp³-hybridized carbons (Fsp3) is 0.567. The second kappa shape index (κ2) is 9.66. The lowest BCUT2D eigenvalue weighted by Gasteiger charge is -2.57. The molecule has 0 radical (unpaired) electrons. The quantitative estimate of drug-likeness (QED) is 0.370. The third-order valence-electron chi connectivity index (χ3n) is 9.54. The summed E-state index contributed by atoms with van der Waals surface area (Å²) in [4.78, 5) is 29.1. The van der Waals surface area contributed by atoms with Crippen LogP contribution < -0.4 is 10.2 Å². The minimum Gasteiger partial charge on any atom is -0.373 e. The van der Waals surface area contributed by atoms with Gasteiger partial charge in [-0.15, -0.1) is 0 Å². The highest BCUT2D eigenvalue weighted by Gasteiger charge is 2.51. The number of hydrogen-bond acceptors (Lipinski definition) is 5. The van der Waals surface area contributed by atoms with Gasteiger partial charge in [0.25, 0.3) is 5.69 Å². The van der Waals surface area contributed by atoms with E-state index < -0.39 is 0 Å². The molecule has 1 aliphatic heterocycles. The Bertz CT molecular complexity index is 1120. The number of rotatable bonds is 7. The van der Waals surface area contributed by atoms with Gasteiger partial charge in [0.15, 0.2) is 0 Å². The predicted molar refractivity (Wildman–Crippen MR) is 146 cm³/mol. The van der Waals surface area contributed by atoms with Crippen LogP contribution in [0.2, 0.25) is 0 Å². The largest absolute Gasteiger partial charge is 0.373 e. The third-order valence-corrected chi connectivity index (χ3v) is 9.54. The average molecular weight is 503 g/mol. The van der Waals surface area contributed by atoms with Crippen molar-refractivity contribution in [2.75, 3.05) is 36.4 Å². The van der Waals surface area contributed by atoms with Gasteiger partial charge in [-0.3, -0.25) is 14.9 Å². The molecule has 4 aliphatic carbocycles. The second-order valence-electron chi connectivity index (χ2n) is 12.2. The number of hydrogen-bond donors (Lipinski definition) is 1. The Morgan fingerprint density at radius 2 is 1.62 bits per heavy atom.